The normalized spacial score (nSPS) is 10.5. The Bertz CT molecular complexity index is 728. The van der Waals surface area contributed by atoms with E-state index in [0.717, 1.165) is 28.8 Å². The molecule has 6 nitrogen and oxygen atoms in total. The summed E-state index contributed by atoms with van der Waals surface area (Å²) < 4.78 is 13.4. The first-order valence-electron chi connectivity index (χ1n) is 7.67. The van der Waals surface area contributed by atoms with E-state index in [1.54, 1.807) is 25.3 Å². The molecule has 0 aliphatic rings. The molecular formula is C17H22BrN3O3. The number of carbonyl (C=O) groups excluding carboxylic acids is 1. The minimum absolute atomic E-state index is 0.163. The molecule has 1 N–H and O–H groups in total. The van der Waals surface area contributed by atoms with Crippen LogP contribution in [0.5, 0.6) is 11.5 Å². The van der Waals surface area contributed by atoms with Crippen LogP contribution in [-0.2, 0) is 6.54 Å². The van der Waals surface area contributed by atoms with Crippen molar-refractivity contribution >= 4 is 21.8 Å². The van der Waals surface area contributed by atoms with Gasteiger partial charge in [0.25, 0.3) is 5.91 Å². The van der Waals surface area contributed by atoms with Gasteiger partial charge >= 0.3 is 0 Å². The van der Waals surface area contributed by atoms with E-state index in [-0.39, 0.29) is 5.91 Å². The first-order valence-corrected chi connectivity index (χ1v) is 8.47. The fourth-order valence-electron chi connectivity index (χ4n) is 2.40. The third-order valence-electron chi connectivity index (χ3n) is 3.78. The molecule has 0 aliphatic carbocycles. The molecule has 24 heavy (non-hydrogen) atoms. The molecule has 130 valence electrons. The number of amides is 1. The summed E-state index contributed by atoms with van der Waals surface area (Å²) >= 11 is 3.51. The maximum absolute atomic E-state index is 12.3. The molecule has 0 spiro atoms. The molecule has 0 aliphatic heterocycles. The lowest BCUT2D eigenvalue weighted by Crippen LogP contribution is -2.26. The zero-order valence-electron chi connectivity index (χ0n) is 14.4. The van der Waals surface area contributed by atoms with Gasteiger partial charge in [0.15, 0.2) is 0 Å². The van der Waals surface area contributed by atoms with Gasteiger partial charge in [-0.15, -0.1) is 0 Å². The molecule has 1 aromatic heterocycles. The maximum atomic E-state index is 12.3. The van der Waals surface area contributed by atoms with E-state index in [4.69, 9.17) is 9.47 Å². The van der Waals surface area contributed by atoms with Crippen LogP contribution in [0, 0.1) is 13.8 Å². The Labute approximate surface area is 150 Å². The Morgan fingerprint density at radius 3 is 2.62 bits per heavy atom. The minimum atomic E-state index is -0.163. The van der Waals surface area contributed by atoms with E-state index >= 15 is 0 Å². The summed E-state index contributed by atoms with van der Waals surface area (Å²) in [6.45, 7) is 5.29. The highest BCUT2D eigenvalue weighted by atomic mass is 79.9. The van der Waals surface area contributed by atoms with Gasteiger partial charge in [-0.25, -0.2) is 0 Å². The molecule has 1 amide bonds. The first kappa shape index (κ1) is 18.3. The van der Waals surface area contributed by atoms with Gasteiger partial charge in [-0.1, -0.05) is 0 Å². The summed E-state index contributed by atoms with van der Waals surface area (Å²) in [5.41, 5.74) is 2.56. The average molecular weight is 396 g/mol. The van der Waals surface area contributed by atoms with E-state index in [9.17, 15) is 4.79 Å². The average Bonchev–Trinajstić information content (AvgIpc) is 2.84. The molecule has 0 saturated carbocycles. The largest absolute Gasteiger partial charge is 0.497 e. The van der Waals surface area contributed by atoms with Crippen LogP contribution >= 0.6 is 15.9 Å². The zero-order valence-corrected chi connectivity index (χ0v) is 15.9. The van der Waals surface area contributed by atoms with Gasteiger partial charge in [0, 0.05) is 24.8 Å². The predicted molar refractivity (Wildman–Crippen MR) is 95.9 cm³/mol. The van der Waals surface area contributed by atoms with Gasteiger partial charge in [-0.05, 0) is 48.3 Å². The van der Waals surface area contributed by atoms with E-state index < -0.39 is 0 Å². The Morgan fingerprint density at radius 2 is 2.04 bits per heavy atom. The molecular weight excluding hydrogens is 374 g/mol. The van der Waals surface area contributed by atoms with Crippen molar-refractivity contribution in [3.8, 4) is 11.5 Å². The number of aromatic nitrogens is 2. The van der Waals surface area contributed by atoms with Crippen molar-refractivity contribution in [1.82, 2.24) is 15.1 Å². The quantitative estimate of drug-likeness (QED) is 0.731. The van der Waals surface area contributed by atoms with E-state index in [1.165, 1.54) is 7.11 Å². The topological polar surface area (TPSA) is 65.4 Å². The molecule has 0 atom stereocenters. The van der Waals surface area contributed by atoms with Gasteiger partial charge < -0.3 is 14.8 Å². The summed E-state index contributed by atoms with van der Waals surface area (Å²) in [7, 11) is 3.11. The summed E-state index contributed by atoms with van der Waals surface area (Å²) in [4.78, 5) is 12.3. The standard InChI is InChI=1S/C17H22BrN3O3/c1-11-16(18)12(2)21(20-11)9-5-8-19-17(22)14-7-6-13(23-3)10-15(14)24-4/h6-7,10H,5,8-9H2,1-4H3,(H,19,22). The molecule has 0 saturated heterocycles. The summed E-state index contributed by atoms with van der Waals surface area (Å²) in [5, 5.41) is 7.36. The van der Waals surface area contributed by atoms with Crippen molar-refractivity contribution in [1.29, 1.82) is 0 Å². The number of nitrogens with zero attached hydrogens (tertiary/aromatic N) is 2. The minimum Gasteiger partial charge on any atom is -0.497 e. The van der Waals surface area contributed by atoms with Crippen LogP contribution in [0.15, 0.2) is 22.7 Å². The van der Waals surface area contributed by atoms with Crippen LogP contribution in [0.2, 0.25) is 0 Å². The van der Waals surface area contributed by atoms with Crippen molar-refractivity contribution in [2.24, 2.45) is 0 Å². The predicted octanol–water partition coefficient (Wildman–Crippen LogP) is 3.10. The van der Waals surface area contributed by atoms with Gasteiger partial charge in [0.05, 0.1) is 29.9 Å². The van der Waals surface area contributed by atoms with Crippen LogP contribution in [0.3, 0.4) is 0 Å². The Morgan fingerprint density at radius 1 is 1.29 bits per heavy atom. The van der Waals surface area contributed by atoms with Crippen molar-refractivity contribution in [3.05, 3.63) is 39.6 Å². The zero-order chi connectivity index (χ0) is 17.7. The molecule has 0 bridgehead atoms. The number of halogens is 1. The number of nitrogens with one attached hydrogen (secondary N) is 1. The molecule has 1 heterocycles. The van der Waals surface area contributed by atoms with E-state index in [0.29, 0.717) is 23.6 Å². The fourth-order valence-corrected chi connectivity index (χ4v) is 2.69. The Kier molecular flexibility index (Phi) is 6.25. The second-order valence-corrected chi connectivity index (χ2v) is 6.18. The van der Waals surface area contributed by atoms with Crippen molar-refractivity contribution in [3.63, 3.8) is 0 Å². The number of hydrogen-bond donors (Lipinski definition) is 1. The SMILES string of the molecule is COc1ccc(C(=O)NCCCn2nc(C)c(Br)c2C)c(OC)c1. The highest BCUT2D eigenvalue weighted by Crippen LogP contribution is 2.24. The molecule has 0 radical (unpaired) electrons. The van der Waals surface area contributed by atoms with Crippen LogP contribution in [0.1, 0.15) is 28.2 Å². The Balaban J connectivity index is 1.90. The van der Waals surface area contributed by atoms with Gasteiger partial charge in [0.1, 0.15) is 11.5 Å². The number of rotatable bonds is 7. The maximum Gasteiger partial charge on any atom is 0.255 e. The van der Waals surface area contributed by atoms with Crippen LogP contribution < -0.4 is 14.8 Å². The third kappa shape index (κ3) is 4.08. The molecule has 0 unspecified atom stereocenters. The Hall–Kier alpha value is -2.02. The van der Waals surface area contributed by atoms with Gasteiger partial charge in [-0.3, -0.25) is 9.48 Å². The second kappa shape index (κ2) is 8.19. The molecule has 0 fully saturated rings. The number of benzene rings is 1. The highest BCUT2D eigenvalue weighted by Gasteiger charge is 2.13. The van der Waals surface area contributed by atoms with Crippen molar-refractivity contribution in [2.75, 3.05) is 20.8 Å². The lowest BCUT2D eigenvalue weighted by molar-refractivity contribution is 0.0949. The smallest absolute Gasteiger partial charge is 0.255 e. The molecule has 7 heteroatoms. The first-order chi connectivity index (χ1) is 11.5. The molecule has 2 rings (SSSR count). The third-order valence-corrected chi connectivity index (χ3v) is 4.93. The summed E-state index contributed by atoms with van der Waals surface area (Å²) in [6.07, 6.45) is 0.790. The number of ether oxygens (including phenoxy) is 2. The van der Waals surface area contributed by atoms with E-state index in [2.05, 4.69) is 26.3 Å². The number of methoxy groups -OCH3 is 2. The van der Waals surface area contributed by atoms with Crippen LogP contribution in [-0.4, -0.2) is 36.5 Å². The second-order valence-electron chi connectivity index (χ2n) is 5.38. The van der Waals surface area contributed by atoms with Crippen molar-refractivity contribution < 1.29 is 14.3 Å². The summed E-state index contributed by atoms with van der Waals surface area (Å²) in [5.74, 6) is 0.983. The summed E-state index contributed by atoms with van der Waals surface area (Å²) in [6, 6.07) is 5.14. The number of hydrogen-bond acceptors (Lipinski definition) is 4. The lowest BCUT2D eigenvalue weighted by atomic mass is 10.1. The molecule has 1 aromatic carbocycles. The van der Waals surface area contributed by atoms with E-state index in [1.807, 2.05) is 18.5 Å². The lowest BCUT2D eigenvalue weighted by Gasteiger charge is -2.11. The monoisotopic (exact) mass is 395 g/mol. The number of carbonyl (C=O) groups is 1. The number of aryl methyl sites for hydroxylation is 2. The van der Waals surface area contributed by atoms with Crippen molar-refractivity contribution in [2.45, 2.75) is 26.8 Å². The molecule has 2 aromatic rings. The van der Waals surface area contributed by atoms with Gasteiger partial charge in [0.2, 0.25) is 0 Å². The van der Waals surface area contributed by atoms with Crippen LogP contribution in [0.25, 0.3) is 0 Å². The fraction of sp³-hybridized carbons (Fsp3) is 0.412. The van der Waals surface area contributed by atoms with Gasteiger partial charge in [-0.2, -0.15) is 5.10 Å². The highest BCUT2D eigenvalue weighted by molar-refractivity contribution is 9.10. The van der Waals surface area contributed by atoms with Crippen LogP contribution in [0.4, 0.5) is 0 Å².